The van der Waals surface area contributed by atoms with Gasteiger partial charge in [0.25, 0.3) is 5.91 Å². The summed E-state index contributed by atoms with van der Waals surface area (Å²) < 4.78 is 0. The molecule has 25 heavy (non-hydrogen) atoms. The molecule has 0 aliphatic heterocycles. The number of benzene rings is 3. The molecule has 3 aromatic carbocycles. The van der Waals surface area contributed by atoms with Gasteiger partial charge in [0.2, 0.25) is 0 Å². The Hall–Kier alpha value is -3.09. The van der Waals surface area contributed by atoms with E-state index in [0.717, 1.165) is 5.56 Å². The lowest BCUT2D eigenvalue weighted by molar-refractivity contribution is 0.0981. The second-order valence-corrected chi connectivity index (χ2v) is 5.90. The Balaban J connectivity index is 2.08. The van der Waals surface area contributed by atoms with Crippen molar-refractivity contribution in [2.45, 2.75) is 6.04 Å². The van der Waals surface area contributed by atoms with Crippen molar-refractivity contribution in [3.63, 3.8) is 0 Å². The molecular formula is C21H15ClN2O. The molecule has 0 N–H and O–H groups in total. The van der Waals surface area contributed by atoms with Crippen LogP contribution in [0.4, 0.5) is 5.69 Å². The number of nitriles is 1. The van der Waals surface area contributed by atoms with Crippen molar-refractivity contribution in [1.29, 1.82) is 5.26 Å². The van der Waals surface area contributed by atoms with Gasteiger partial charge in [-0.3, -0.25) is 9.69 Å². The van der Waals surface area contributed by atoms with Crippen LogP contribution in [0.5, 0.6) is 0 Å². The summed E-state index contributed by atoms with van der Waals surface area (Å²) in [6.45, 7) is 0. The minimum Gasteiger partial charge on any atom is -0.288 e. The summed E-state index contributed by atoms with van der Waals surface area (Å²) >= 11 is 5.92. The zero-order valence-electron chi connectivity index (χ0n) is 13.3. The van der Waals surface area contributed by atoms with Crippen LogP contribution in [0.2, 0.25) is 5.02 Å². The van der Waals surface area contributed by atoms with E-state index in [2.05, 4.69) is 6.07 Å². The molecule has 0 bridgehead atoms. The van der Waals surface area contributed by atoms with E-state index in [1.807, 2.05) is 60.7 Å². The van der Waals surface area contributed by atoms with E-state index >= 15 is 0 Å². The fourth-order valence-electron chi connectivity index (χ4n) is 2.62. The highest BCUT2D eigenvalue weighted by Crippen LogP contribution is 2.29. The maximum atomic E-state index is 13.2. The monoisotopic (exact) mass is 346 g/mol. The quantitative estimate of drug-likeness (QED) is 0.647. The highest BCUT2D eigenvalue weighted by atomic mass is 35.5. The molecule has 4 heteroatoms. The van der Waals surface area contributed by atoms with Crippen molar-refractivity contribution < 1.29 is 4.79 Å². The van der Waals surface area contributed by atoms with Gasteiger partial charge in [-0.05, 0) is 42.0 Å². The number of anilines is 1. The molecule has 3 nitrogen and oxygen atoms in total. The number of halogens is 1. The summed E-state index contributed by atoms with van der Waals surface area (Å²) in [6.07, 6.45) is 0. The molecule has 1 atom stereocenters. The number of rotatable bonds is 4. The zero-order chi connectivity index (χ0) is 17.6. The van der Waals surface area contributed by atoms with Gasteiger partial charge < -0.3 is 0 Å². The lowest BCUT2D eigenvalue weighted by Crippen LogP contribution is -2.34. The Bertz CT molecular complexity index is 887. The minimum absolute atomic E-state index is 0.252. The molecule has 3 rings (SSSR count). The van der Waals surface area contributed by atoms with E-state index in [4.69, 9.17) is 11.6 Å². The fourth-order valence-corrected chi connectivity index (χ4v) is 2.75. The number of amides is 1. The molecule has 0 aliphatic carbocycles. The lowest BCUT2D eigenvalue weighted by Gasteiger charge is -2.28. The third-order valence-electron chi connectivity index (χ3n) is 3.84. The van der Waals surface area contributed by atoms with Crippen molar-refractivity contribution in [2.75, 3.05) is 4.90 Å². The molecule has 1 amide bonds. The summed E-state index contributed by atoms with van der Waals surface area (Å²) in [5.74, 6) is -0.252. The molecule has 122 valence electrons. The molecule has 0 radical (unpaired) electrons. The molecule has 0 aromatic heterocycles. The topological polar surface area (TPSA) is 44.1 Å². The van der Waals surface area contributed by atoms with Gasteiger partial charge in [0, 0.05) is 16.3 Å². The van der Waals surface area contributed by atoms with Crippen LogP contribution in [0.1, 0.15) is 22.0 Å². The van der Waals surface area contributed by atoms with Gasteiger partial charge in [0.15, 0.2) is 0 Å². The summed E-state index contributed by atoms with van der Waals surface area (Å²) in [7, 11) is 0. The number of hydrogen-bond acceptors (Lipinski definition) is 2. The van der Waals surface area contributed by atoms with Gasteiger partial charge >= 0.3 is 0 Å². The van der Waals surface area contributed by atoms with E-state index in [1.165, 1.54) is 4.90 Å². The maximum Gasteiger partial charge on any atom is 0.259 e. The molecule has 0 aliphatic rings. The Morgan fingerprint density at radius 1 is 0.880 bits per heavy atom. The third-order valence-corrected chi connectivity index (χ3v) is 4.09. The molecule has 0 fully saturated rings. The van der Waals surface area contributed by atoms with Crippen LogP contribution in [0.3, 0.4) is 0 Å². The fraction of sp³-hybridized carbons (Fsp3) is 0.0476. The Morgan fingerprint density at radius 3 is 2.00 bits per heavy atom. The first kappa shape index (κ1) is 16.8. The Kier molecular flexibility index (Phi) is 5.13. The number of carbonyl (C=O) groups excluding carboxylic acids is 1. The molecular weight excluding hydrogens is 332 g/mol. The van der Waals surface area contributed by atoms with Crippen molar-refractivity contribution in [1.82, 2.24) is 0 Å². The molecule has 0 heterocycles. The number of nitrogens with zero attached hydrogens (tertiary/aromatic N) is 2. The minimum atomic E-state index is -0.730. The van der Waals surface area contributed by atoms with E-state index in [1.54, 1.807) is 24.3 Å². The predicted octanol–water partition coefficient (Wildman–Crippen LogP) is 5.25. The number of para-hydroxylation sites is 1. The van der Waals surface area contributed by atoms with E-state index in [0.29, 0.717) is 16.3 Å². The predicted molar refractivity (Wildman–Crippen MR) is 99.5 cm³/mol. The van der Waals surface area contributed by atoms with Crippen molar-refractivity contribution in [3.8, 4) is 6.07 Å². The van der Waals surface area contributed by atoms with Gasteiger partial charge in [-0.25, -0.2) is 0 Å². The molecule has 3 aromatic rings. The number of hydrogen-bond donors (Lipinski definition) is 0. The highest BCUT2D eigenvalue weighted by Gasteiger charge is 2.27. The Morgan fingerprint density at radius 2 is 1.44 bits per heavy atom. The smallest absolute Gasteiger partial charge is 0.259 e. The van der Waals surface area contributed by atoms with Crippen LogP contribution in [-0.4, -0.2) is 5.91 Å². The summed E-state index contributed by atoms with van der Waals surface area (Å²) in [4.78, 5) is 14.7. The first-order valence-electron chi connectivity index (χ1n) is 7.79. The van der Waals surface area contributed by atoms with Crippen LogP contribution in [0.15, 0.2) is 84.9 Å². The third kappa shape index (κ3) is 3.71. The second kappa shape index (κ2) is 7.65. The highest BCUT2D eigenvalue weighted by molar-refractivity contribution is 6.30. The summed E-state index contributed by atoms with van der Waals surface area (Å²) in [5.41, 5.74) is 1.90. The average Bonchev–Trinajstić information content (AvgIpc) is 2.67. The first-order valence-corrected chi connectivity index (χ1v) is 8.17. The zero-order valence-corrected chi connectivity index (χ0v) is 14.1. The standard InChI is InChI=1S/C21H15ClN2O/c22-18-13-11-17(12-14-18)21(25)24(19-9-5-2-6-10-19)20(15-23)16-7-3-1-4-8-16/h1-14,20H. The molecule has 0 spiro atoms. The van der Waals surface area contributed by atoms with Gasteiger partial charge in [-0.15, -0.1) is 0 Å². The van der Waals surface area contributed by atoms with Gasteiger partial charge in [-0.1, -0.05) is 60.1 Å². The largest absolute Gasteiger partial charge is 0.288 e. The van der Waals surface area contributed by atoms with Gasteiger partial charge in [0.1, 0.15) is 6.04 Å². The van der Waals surface area contributed by atoms with Crippen LogP contribution < -0.4 is 4.90 Å². The molecule has 0 saturated heterocycles. The van der Waals surface area contributed by atoms with E-state index < -0.39 is 6.04 Å². The molecule has 0 saturated carbocycles. The molecule has 1 unspecified atom stereocenters. The number of carbonyl (C=O) groups is 1. The van der Waals surface area contributed by atoms with Crippen LogP contribution >= 0.6 is 11.6 Å². The summed E-state index contributed by atoms with van der Waals surface area (Å²) in [6, 6.07) is 26.7. The lowest BCUT2D eigenvalue weighted by atomic mass is 10.0. The van der Waals surface area contributed by atoms with Crippen molar-refractivity contribution in [3.05, 3.63) is 101 Å². The van der Waals surface area contributed by atoms with Crippen molar-refractivity contribution >= 4 is 23.2 Å². The van der Waals surface area contributed by atoms with E-state index in [9.17, 15) is 10.1 Å². The van der Waals surface area contributed by atoms with Gasteiger partial charge in [0.05, 0.1) is 6.07 Å². The SMILES string of the molecule is N#CC(c1ccccc1)N(C(=O)c1ccc(Cl)cc1)c1ccccc1. The Labute approximate surface area is 151 Å². The second-order valence-electron chi connectivity index (χ2n) is 5.46. The van der Waals surface area contributed by atoms with Crippen LogP contribution in [-0.2, 0) is 0 Å². The van der Waals surface area contributed by atoms with Crippen LogP contribution in [0.25, 0.3) is 0 Å². The van der Waals surface area contributed by atoms with Gasteiger partial charge in [-0.2, -0.15) is 5.26 Å². The van der Waals surface area contributed by atoms with E-state index in [-0.39, 0.29) is 5.91 Å². The van der Waals surface area contributed by atoms with Crippen molar-refractivity contribution in [2.24, 2.45) is 0 Å². The average molecular weight is 347 g/mol. The maximum absolute atomic E-state index is 13.2. The summed E-state index contributed by atoms with van der Waals surface area (Å²) in [5, 5.41) is 10.3. The first-order chi connectivity index (χ1) is 12.2. The van der Waals surface area contributed by atoms with Crippen LogP contribution in [0, 0.1) is 11.3 Å². The normalized spacial score (nSPS) is 11.4.